The van der Waals surface area contributed by atoms with E-state index in [1.54, 1.807) is 33.5 Å². The van der Waals surface area contributed by atoms with Crippen molar-refractivity contribution in [2.24, 2.45) is 5.92 Å². The van der Waals surface area contributed by atoms with Crippen LogP contribution in [0.1, 0.15) is 76.7 Å². The monoisotopic (exact) mass is 382 g/mol. The predicted octanol–water partition coefficient (Wildman–Crippen LogP) is 6.50. The van der Waals surface area contributed by atoms with Crippen molar-refractivity contribution in [2.45, 2.75) is 83.5 Å². The van der Waals surface area contributed by atoms with E-state index < -0.39 is 5.97 Å². The number of benzene rings is 1. The highest BCUT2D eigenvalue weighted by atomic mass is 19.1. The van der Waals surface area contributed by atoms with Crippen LogP contribution < -0.4 is 0 Å². The van der Waals surface area contributed by atoms with Gasteiger partial charge in [0.2, 0.25) is 0 Å². The minimum absolute atomic E-state index is 0.161. The highest BCUT2D eigenvalue weighted by Gasteiger charge is 2.39. The molecule has 0 aromatic heterocycles. The second-order valence-corrected chi connectivity index (χ2v) is 7.34. The summed E-state index contributed by atoms with van der Waals surface area (Å²) >= 11 is 0. The van der Waals surface area contributed by atoms with Gasteiger partial charge in [-0.15, -0.1) is 0 Å². The van der Waals surface area contributed by atoms with Gasteiger partial charge in [0.1, 0.15) is 5.82 Å². The topological polar surface area (TPSA) is 27.7 Å². The summed E-state index contributed by atoms with van der Waals surface area (Å²) in [5.74, 6) is -0.941. The fourth-order valence-electron chi connectivity index (χ4n) is 3.83. The third-order valence-corrected chi connectivity index (χ3v) is 5.42. The van der Waals surface area contributed by atoms with Crippen molar-refractivity contribution in [2.75, 3.05) is 21.3 Å². The lowest BCUT2D eigenvalue weighted by atomic mass is 9.91. The van der Waals surface area contributed by atoms with E-state index in [9.17, 15) is 4.39 Å². The van der Waals surface area contributed by atoms with E-state index >= 15 is 0 Å². The van der Waals surface area contributed by atoms with Crippen molar-refractivity contribution in [3.63, 3.8) is 0 Å². The molecule has 1 atom stereocenters. The van der Waals surface area contributed by atoms with Gasteiger partial charge < -0.3 is 14.2 Å². The molecule has 0 N–H and O–H groups in total. The maximum absolute atomic E-state index is 13.3. The molecular formula is C23H39FO3. The Morgan fingerprint density at radius 3 is 2.04 bits per heavy atom. The second kappa shape index (κ2) is 14.1. The fourth-order valence-corrected chi connectivity index (χ4v) is 3.83. The molecule has 0 fully saturated rings. The van der Waals surface area contributed by atoms with E-state index in [1.165, 1.54) is 38.2 Å². The summed E-state index contributed by atoms with van der Waals surface area (Å²) in [6.07, 6.45) is 12.6. The molecule has 0 saturated heterocycles. The Bertz CT molecular complexity index is 480. The van der Waals surface area contributed by atoms with Crippen LogP contribution in [0.15, 0.2) is 24.3 Å². The Labute approximate surface area is 165 Å². The highest BCUT2D eigenvalue weighted by Crippen LogP contribution is 2.33. The van der Waals surface area contributed by atoms with Gasteiger partial charge in [0.15, 0.2) is 0 Å². The zero-order chi connectivity index (χ0) is 20.0. The van der Waals surface area contributed by atoms with Gasteiger partial charge in [-0.05, 0) is 43.4 Å². The molecule has 1 rings (SSSR count). The van der Waals surface area contributed by atoms with Crippen molar-refractivity contribution in [1.29, 1.82) is 0 Å². The van der Waals surface area contributed by atoms with Gasteiger partial charge >= 0.3 is 0 Å². The van der Waals surface area contributed by atoms with Crippen molar-refractivity contribution < 1.29 is 18.6 Å². The molecule has 0 spiro atoms. The number of methoxy groups -OCH3 is 3. The third kappa shape index (κ3) is 8.71. The first kappa shape index (κ1) is 24.1. The van der Waals surface area contributed by atoms with Gasteiger partial charge in [0, 0.05) is 27.2 Å². The van der Waals surface area contributed by atoms with Crippen LogP contribution in [-0.4, -0.2) is 27.3 Å². The van der Waals surface area contributed by atoms with Crippen molar-refractivity contribution in [3.8, 4) is 0 Å². The first-order chi connectivity index (χ1) is 13.1. The van der Waals surface area contributed by atoms with Crippen LogP contribution in [0.2, 0.25) is 0 Å². The van der Waals surface area contributed by atoms with Crippen molar-refractivity contribution in [1.82, 2.24) is 0 Å². The molecule has 0 heterocycles. The van der Waals surface area contributed by atoms with Gasteiger partial charge in [-0.2, -0.15) is 0 Å². The molecule has 0 radical (unpaired) electrons. The van der Waals surface area contributed by atoms with Crippen LogP contribution in [0.25, 0.3) is 0 Å². The van der Waals surface area contributed by atoms with Crippen LogP contribution in [0, 0.1) is 11.7 Å². The van der Waals surface area contributed by atoms with Crippen LogP contribution in [0.4, 0.5) is 4.39 Å². The molecule has 1 unspecified atom stereocenters. The summed E-state index contributed by atoms with van der Waals surface area (Å²) < 4.78 is 30.2. The summed E-state index contributed by atoms with van der Waals surface area (Å²) in [6.45, 7) is 2.24. The molecule has 4 heteroatoms. The van der Waals surface area contributed by atoms with Crippen molar-refractivity contribution >= 4 is 0 Å². The minimum atomic E-state index is -0.970. The largest absolute Gasteiger partial charge is 0.331 e. The average molecular weight is 383 g/mol. The summed E-state index contributed by atoms with van der Waals surface area (Å²) in [4.78, 5) is 0. The maximum Gasteiger partial charge on any atom is 0.285 e. The third-order valence-electron chi connectivity index (χ3n) is 5.42. The number of rotatable bonds is 16. The van der Waals surface area contributed by atoms with Crippen LogP contribution >= 0.6 is 0 Å². The van der Waals surface area contributed by atoms with Crippen LogP contribution in [0.5, 0.6) is 0 Å². The molecular weight excluding hydrogens is 343 g/mol. The number of hydrogen-bond acceptors (Lipinski definition) is 3. The Morgan fingerprint density at radius 1 is 0.852 bits per heavy atom. The van der Waals surface area contributed by atoms with E-state index in [-0.39, 0.29) is 11.7 Å². The molecule has 0 aliphatic rings. The van der Waals surface area contributed by atoms with Gasteiger partial charge in [0.05, 0.1) is 0 Å². The lowest BCUT2D eigenvalue weighted by Gasteiger charge is -2.36. The standard InChI is InChI=1S/C23H39FO3/c1-5-6-7-8-9-10-16-21(23(25-2,26-3)27-4)17-12-11-14-20-15-13-18-22(24)19-20/h13,15,18-19,21H,5-12,14,16-17H2,1-4H3. The number of aryl methyl sites for hydroxylation is 1. The Morgan fingerprint density at radius 2 is 1.44 bits per heavy atom. The lowest BCUT2D eigenvalue weighted by molar-refractivity contribution is -0.380. The molecule has 1 aromatic rings. The number of halogens is 1. The average Bonchev–Trinajstić information content (AvgIpc) is 2.68. The Kier molecular flexibility index (Phi) is 12.6. The highest BCUT2D eigenvalue weighted by molar-refractivity contribution is 5.16. The Hall–Kier alpha value is -0.970. The quantitative estimate of drug-likeness (QED) is 0.241. The van der Waals surface area contributed by atoms with E-state index in [0.717, 1.165) is 44.1 Å². The molecule has 1 aromatic carbocycles. The van der Waals surface area contributed by atoms with E-state index in [0.29, 0.717) is 0 Å². The maximum atomic E-state index is 13.3. The summed E-state index contributed by atoms with van der Waals surface area (Å²) in [6, 6.07) is 6.88. The van der Waals surface area contributed by atoms with E-state index in [2.05, 4.69) is 6.92 Å². The molecule has 27 heavy (non-hydrogen) atoms. The smallest absolute Gasteiger partial charge is 0.285 e. The number of ether oxygens (including phenoxy) is 3. The first-order valence-electron chi connectivity index (χ1n) is 10.5. The zero-order valence-corrected chi connectivity index (χ0v) is 17.8. The Balaban J connectivity index is 2.49. The van der Waals surface area contributed by atoms with E-state index in [1.807, 2.05) is 6.07 Å². The lowest BCUT2D eigenvalue weighted by Crippen LogP contribution is -2.44. The normalized spacial score (nSPS) is 13.1. The van der Waals surface area contributed by atoms with Gasteiger partial charge in [-0.25, -0.2) is 4.39 Å². The van der Waals surface area contributed by atoms with Crippen LogP contribution in [-0.2, 0) is 20.6 Å². The fraction of sp³-hybridized carbons (Fsp3) is 0.739. The van der Waals surface area contributed by atoms with Gasteiger partial charge in [-0.3, -0.25) is 0 Å². The number of unbranched alkanes of at least 4 members (excludes halogenated alkanes) is 6. The summed E-state index contributed by atoms with van der Waals surface area (Å²) in [7, 11) is 4.94. The molecule has 0 amide bonds. The second-order valence-electron chi connectivity index (χ2n) is 7.34. The molecule has 0 saturated carbocycles. The SMILES string of the molecule is CCCCCCCCC(CCCCc1cccc(F)c1)C(OC)(OC)OC. The van der Waals surface area contributed by atoms with Crippen LogP contribution in [0.3, 0.4) is 0 Å². The van der Waals surface area contributed by atoms with Crippen molar-refractivity contribution in [3.05, 3.63) is 35.6 Å². The molecule has 0 aliphatic heterocycles. The molecule has 156 valence electrons. The minimum Gasteiger partial charge on any atom is -0.331 e. The summed E-state index contributed by atoms with van der Waals surface area (Å²) in [5, 5.41) is 0. The van der Waals surface area contributed by atoms with Gasteiger partial charge in [-0.1, -0.05) is 64.0 Å². The summed E-state index contributed by atoms with van der Waals surface area (Å²) in [5.41, 5.74) is 1.05. The first-order valence-corrected chi connectivity index (χ1v) is 10.5. The molecule has 3 nitrogen and oxygen atoms in total. The molecule has 0 bridgehead atoms. The molecule has 0 aliphatic carbocycles. The zero-order valence-electron chi connectivity index (χ0n) is 17.8. The van der Waals surface area contributed by atoms with E-state index in [4.69, 9.17) is 14.2 Å². The predicted molar refractivity (Wildman–Crippen MR) is 109 cm³/mol. The van der Waals surface area contributed by atoms with Gasteiger partial charge in [0.25, 0.3) is 5.97 Å². The number of hydrogen-bond donors (Lipinski definition) is 0.